The largest absolute Gasteiger partial charge is 0.360 e. The molecule has 0 aliphatic carbocycles. The Balaban J connectivity index is 2.68. The molecule has 1 N–H and O–H groups in total. The van der Waals surface area contributed by atoms with E-state index in [2.05, 4.69) is 22.1 Å². The van der Waals surface area contributed by atoms with Gasteiger partial charge in [0.05, 0.1) is 10.2 Å². The average molecular weight is 174 g/mol. The summed E-state index contributed by atoms with van der Waals surface area (Å²) < 4.78 is 1.28. The Kier molecular flexibility index (Phi) is 1.07. The third-order valence-electron chi connectivity index (χ3n) is 1.96. The van der Waals surface area contributed by atoms with Crippen LogP contribution in [0.3, 0.4) is 0 Å². The first-order chi connectivity index (χ1) is 5.95. The summed E-state index contributed by atoms with van der Waals surface area (Å²) in [6.07, 6.45) is 3.80. The van der Waals surface area contributed by atoms with Gasteiger partial charge in [0.1, 0.15) is 4.83 Å². The lowest BCUT2D eigenvalue weighted by Gasteiger charge is -1.84. The minimum Gasteiger partial charge on any atom is -0.360 e. The zero-order chi connectivity index (χ0) is 7.97. The Morgan fingerprint density at radius 2 is 2.33 bits per heavy atom. The predicted molar refractivity (Wildman–Crippen MR) is 51.5 cm³/mol. The van der Waals surface area contributed by atoms with Gasteiger partial charge in [0, 0.05) is 17.8 Å². The minimum atomic E-state index is 1.11. The summed E-state index contributed by atoms with van der Waals surface area (Å²) in [5, 5.41) is 1.22. The molecule has 2 nitrogen and oxygen atoms in total. The van der Waals surface area contributed by atoms with Gasteiger partial charge < -0.3 is 4.98 Å². The molecule has 12 heavy (non-hydrogen) atoms. The van der Waals surface area contributed by atoms with Crippen molar-refractivity contribution in [1.29, 1.82) is 0 Å². The summed E-state index contributed by atoms with van der Waals surface area (Å²) >= 11 is 1.73. The fourth-order valence-electron chi connectivity index (χ4n) is 1.42. The van der Waals surface area contributed by atoms with Crippen LogP contribution in [0.25, 0.3) is 20.4 Å². The second-order valence-electron chi connectivity index (χ2n) is 2.68. The smallest absolute Gasteiger partial charge is 0.125 e. The zero-order valence-electron chi connectivity index (χ0n) is 6.24. The van der Waals surface area contributed by atoms with Gasteiger partial charge in [0.2, 0.25) is 0 Å². The van der Waals surface area contributed by atoms with Gasteiger partial charge in [-0.15, -0.1) is 11.3 Å². The van der Waals surface area contributed by atoms with E-state index in [1.165, 1.54) is 15.6 Å². The van der Waals surface area contributed by atoms with Crippen LogP contribution in [-0.4, -0.2) is 9.97 Å². The molecule has 3 rings (SSSR count). The Labute approximate surface area is 72.9 Å². The van der Waals surface area contributed by atoms with Crippen molar-refractivity contribution >= 4 is 31.8 Å². The third kappa shape index (κ3) is 0.662. The van der Waals surface area contributed by atoms with Crippen molar-refractivity contribution in [3.8, 4) is 0 Å². The van der Waals surface area contributed by atoms with Crippen LogP contribution in [0.1, 0.15) is 0 Å². The zero-order valence-corrected chi connectivity index (χ0v) is 7.06. The van der Waals surface area contributed by atoms with Crippen molar-refractivity contribution < 1.29 is 0 Å². The van der Waals surface area contributed by atoms with Crippen LogP contribution in [0.4, 0.5) is 0 Å². The Morgan fingerprint density at radius 3 is 3.33 bits per heavy atom. The first kappa shape index (κ1) is 6.20. The summed E-state index contributed by atoms with van der Waals surface area (Å²) in [5.74, 6) is 0. The fourth-order valence-corrected chi connectivity index (χ4v) is 2.43. The lowest BCUT2D eigenvalue weighted by atomic mass is 10.3. The molecule has 0 saturated heterocycles. The van der Waals surface area contributed by atoms with Gasteiger partial charge in [0.15, 0.2) is 0 Å². The lowest BCUT2D eigenvalue weighted by molar-refractivity contribution is 1.44. The molecular formula is C9H6N2S. The molecule has 58 valence electrons. The maximum absolute atomic E-state index is 4.29. The molecular weight excluding hydrogens is 168 g/mol. The summed E-state index contributed by atoms with van der Waals surface area (Å²) in [6.45, 7) is 0. The van der Waals surface area contributed by atoms with Crippen LogP contribution < -0.4 is 0 Å². The Bertz CT molecular complexity index is 534. The van der Waals surface area contributed by atoms with Crippen LogP contribution >= 0.6 is 11.3 Å². The number of aromatic nitrogens is 2. The second kappa shape index (κ2) is 2.08. The standard InChI is InChI=1S/C9H6N2S/c1-2-6-8-7(3-5-10-8)12-9(6)11-4-1/h1-5,10H. The molecule has 0 aromatic carbocycles. The topological polar surface area (TPSA) is 28.7 Å². The van der Waals surface area contributed by atoms with Crippen molar-refractivity contribution in [1.82, 2.24) is 9.97 Å². The number of hydrogen-bond donors (Lipinski definition) is 1. The number of rotatable bonds is 0. The lowest BCUT2D eigenvalue weighted by Crippen LogP contribution is -1.68. The monoisotopic (exact) mass is 174 g/mol. The van der Waals surface area contributed by atoms with Gasteiger partial charge in [-0.25, -0.2) is 4.98 Å². The molecule has 0 aliphatic heterocycles. The molecule has 0 amide bonds. The Morgan fingerprint density at radius 1 is 1.33 bits per heavy atom. The Hall–Kier alpha value is -1.35. The summed E-state index contributed by atoms with van der Waals surface area (Å²) in [4.78, 5) is 8.61. The maximum atomic E-state index is 4.29. The molecule has 0 bridgehead atoms. The molecule has 0 fully saturated rings. The van der Waals surface area contributed by atoms with Gasteiger partial charge >= 0.3 is 0 Å². The van der Waals surface area contributed by atoms with Crippen molar-refractivity contribution in [3.63, 3.8) is 0 Å². The maximum Gasteiger partial charge on any atom is 0.125 e. The number of fused-ring (bicyclic) bond motifs is 3. The fraction of sp³-hybridized carbons (Fsp3) is 0. The SMILES string of the molecule is c1cnc2sc3cc[nH]c3c2c1. The van der Waals surface area contributed by atoms with Gasteiger partial charge in [-0.3, -0.25) is 0 Å². The van der Waals surface area contributed by atoms with Crippen molar-refractivity contribution in [2.45, 2.75) is 0 Å². The molecule has 3 aromatic rings. The van der Waals surface area contributed by atoms with Crippen LogP contribution in [0.2, 0.25) is 0 Å². The number of hydrogen-bond acceptors (Lipinski definition) is 2. The summed E-state index contributed by atoms with van der Waals surface area (Å²) in [5.41, 5.74) is 1.21. The van der Waals surface area contributed by atoms with E-state index in [4.69, 9.17) is 0 Å². The van der Waals surface area contributed by atoms with Crippen molar-refractivity contribution in [3.05, 3.63) is 30.6 Å². The van der Waals surface area contributed by atoms with Crippen LogP contribution in [0.15, 0.2) is 30.6 Å². The quantitative estimate of drug-likeness (QED) is 0.557. The van der Waals surface area contributed by atoms with E-state index < -0.39 is 0 Å². The van der Waals surface area contributed by atoms with Crippen molar-refractivity contribution in [2.24, 2.45) is 0 Å². The highest BCUT2D eigenvalue weighted by molar-refractivity contribution is 7.25. The average Bonchev–Trinajstić information content (AvgIpc) is 2.62. The first-order valence-corrected chi connectivity index (χ1v) is 4.57. The molecule has 3 aromatic heterocycles. The molecule has 0 spiro atoms. The van der Waals surface area contributed by atoms with E-state index in [-0.39, 0.29) is 0 Å². The van der Waals surface area contributed by atoms with E-state index in [9.17, 15) is 0 Å². The number of H-pyrrole nitrogens is 1. The van der Waals surface area contributed by atoms with Crippen LogP contribution in [-0.2, 0) is 0 Å². The summed E-state index contributed by atoms with van der Waals surface area (Å²) in [7, 11) is 0. The number of aromatic amines is 1. The normalized spacial score (nSPS) is 11.3. The van der Waals surface area contributed by atoms with Crippen molar-refractivity contribution in [2.75, 3.05) is 0 Å². The molecule has 0 atom stereocenters. The minimum absolute atomic E-state index is 1.11. The van der Waals surface area contributed by atoms with Crippen LogP contribution in [0.5, 0.6) is 0 Å². The molecule has 3 heteroatoms. The molecule has 0 saturated carbocycles. The van der Waals surface area contributed by atoms with Gasteiger partial charge in [0.25, 0.3) is 0 Å². The molecule has 0 radical (unpaired) electrons. The highest BCUT2D eigenvalue weighted by Gasteiger charge is 2.04. The van der Waals surface area contributed by atoms with E-state index in [0.717, 1.165) is 4.83 Å². The first-order valence-electron chi connectivity index (χ1n) is 3.76. The van der Waals surface area contributed by atoms with E-state index in [0.29, 0.717) is 0 Å². The molecule has 0 aliphatic rings. The number of pyridine rings is 1. The van der Waals surface area contributed by atoms with Gasteiger partial charge in [-0.1, -0.05) is 0 Å². The number of thiophene rings is 1. The summed E-state index contributed by atoms with van der Waals surface area (Å²) in [6, 6.07) is 6.15. The number of nitrogens with zero attached hydrogens (tertiary/aromatic N) is 1. The highest BCUT2D eigenvalue weighted by Crippen LogP contribution is 2.30. The van der Waals surface area contributed by atoms with E-state index in [1.54, 1.807) is 11.3 Å². The van der Waals surface area contributed by atoms with Gasteiger partial charge in [-0.05, 0) is 18.2 Å². The van der Waals surface area contributed by atoms with Crippen LogP contribution in [0, 0.1) is 0 Å². The second-order valence-corrected chi connectivity index (χ2v) is 3.71. The van der Waals surface area contributed by atoms with E-state index in [1.807, 2.05) is 18.5 Å². The highest BCUT2D eigenvalue weighted by atomic mass is 32.1. The number of nitrogens with one attached hydrogen (secondary N) is 1. The molecule has 3 heterocycles. The predicted octanol–water partition coefficient (Wildman–Crippen LogP) is 2.78. The van der Waals surface area contributed by atoms with Gasteiger partial charge in [-0.2, -0.15) is 0 Å². The molecule has 0 unspecified atom stereocenters. The third-order valence-corrected chi connectivity index (χ3v) is 3.03. The van der Waals surface area contributed by atoms with E-state index >= 15 is 0 Å².